The third-order valence-electron chi connectivity index (χ3n) is 3.91. The van der Waals surface area contributed by atoms with Crippen molar-refractivity contribution >= 4 is 95.7 Å². The Balaban J connectivity index is 1.87. The van der Waals surface area contributed by atoms with Crippen molar-refractivity contribution in [1.82, 2.24) is 5.32 Å². The standard InChI is InChI=1S/C20H17BrI2N2O2S/c1-4-27-18-14(22)7-12(8-15(18)23)9-16-19(26)25-20(28-16)24-13-5-10(2)17(21)11(3)6-13/h5-9H,4H2,1-3H3,(H,24,25,26)/b16-9-. The van der Waals surface area contributed by atoms with Crippen LogP contribution in [0.25, 0.3) is 6.08 Å². The SMILES string of the molecule is CCOc1c(I)cc(/C=C2\SC(=Nc3cc(C)c(Br)c(C)c3)NC2=O)cc1I. The lowest BCUT2D eigenvalue weighted by Crippen LogP contribution is -2.19. The lowest BCUT2D eigenvalue weighted by atomic mass is 10.1. The number of nitrogens with one attached hydrogen (secondary N) is 1. The summed E-state index contributed by atoms with van der Waals surface area (Å²) in [7, 11) is 0. The van der Waals surface area contributed by atoms with Gasteiger partial charge in [0, 0.05) is 4.47 Å². The van der Waals surface area contributed by atoms with Gasteiger partial charge in [-0.2, -0.15) is 0 Å². The summed E-state index contributed by atoms with van der Waals surface area (Å²) in [4.78, 5) is 17.6. The van der Waals surface area contributed by atoms with Crippen LogP contribution in [0.5, 0.6) is 5.75 Å². The number of halogens is 3. The Morgan fingerprint density at radius 3 is 2.36 bits per heavy atom. The first-order valence-corrected chi connectivity index (χ1v) is 12.2. The Morgan fingerprint density at radius 2 is 1.79 bits per heavy atom. The summed E-state index contributed by atoms with van der Waals surface area (Å²) >= 11 is 9.44. The molecule has 4 nitrogen and oxygen atoms in total. The molecule has 1 saturated heterocycles. The molecule has 0 aromatic heterocycles. The van der Waals surface area contributed by atoms with Crippen LogP contribution in [0.1, 0.15) is 23.6 Å². The van der Waals surface area contributed by atoms with Crippen LogP contribution in [0, 0.1) is 21.0 Å². The van der Waals surface area contributed by atoms with Gasteiger partial charge >= 0.3 is 0 Å². The van der Waals surface area contributed by atoms with Crippen molar-refractivity contribution in [3.8, 4) is 5.75 Å². The van der Waals surface area contributed by atoms with Crippen molar-refractivity contribution in [2.24, 2.45) is 4.99 Å². The number of carbonyl (C=O) groups excluding carboxylic acids is 1. The van der Waals surface area contributed by atoms with E-state index in [-0.39, 0.29) is 5.91 Å². The van der Waals surface area contributed by atoms with E-state index in [1.165, 1.54) is 11.8 Å². The summed E-state index contributed by atoms with van der Waals surface area (Å²) in [6.45, 7) is 6.65. The first-order chi connectivity index (χ1) is 13.3. The highest BCUT2D eigenvalue weighted by Gasteiger charge is 2.24. The Bertz CT molecular complexity index is 975. The molecule has 0 saturated carbocycles. The number of benzene rings is 2. The van der Waals surface area contributed by atoms with E-state index in [1.807, 2.05) is 51.1 Å². The van der Waals surface area contributed by atoms with E-state index < -0.39 is 0 Å². The number of aryl methyl sites for hydroxylation is 2. The molecule has 1 amide bonds. The minimum atomic E-state index is -0.131. The van der Waals surface area contributed by atoms with Crippen molar-refractivity contribution in [2.75, 3.05) is 6.61 Å². The fraction of sp³-hybridized carbons (Fsp3) is 0.200. The van der Waals surface area contributed by atoms with Crippen LogP contribution in [0.2, 0.25) is 0 Å². The third-order valence-corrected chi connectivity index (χ3v) is 7.67. The maximum absolute atomic E-state index is 12.4. The largest absolute Gasteiger partial charge is 0.492 e. The molecule has 1 aliphatic rings. The number of amidine groups is 1. The number of thioether (sulfide) groups is 1. The molecule has 0 aliphatic carbocycles. The maximum Gasteiger partial charge on any atom is 0.264 e. The number of hydrogen-bond donors (Lipinski definition) is 1. The zero-order valence-corrected chi connectivity index (χ0v) is 22.1. The Kier molecular flexibility index (Phi) is 7.48. The molecule has 3 rings (SSSR count). The van der Waals surface area contributed by atoms with Gasteiger partial charge in [0.05, 0.1) is 24.3 Å². The van der Waals surface area contributed by atoms with E-state index in [2.05, 4.69) is 71.4 Å². The highest BCUT2D eigenvalue weighted by Crippen LogP contribution is 2.33. The first-order valence-electron chi connectivity index (χ1n) is 8.46. The van der Waals surface area contributed by atoms with Crippen molar-refractivity contribution in [2.45, 2.75) is 20.8 Å². The molecule has 2 aromatic carbocycles. The Hall–Kier alpha value is -0.590. The number of carbonyl (C=O) groups is 1. The summed E-state index contributed by atoms with van der Waals surface area (Å²) in [5, 5.41) is 3.44. The van der Waals surface area contributed by atoms with Crippen LogP contribution in [0.15, 0.2) is 38.6 Å². The second-order valence-electron chi connectivity index (χ2n) is 6.12. The lowest BCUT2D eigenvalue weighted by Gasteiger charge is -2.09. The number of hydrogen-bond acceptors (Lipinski definition) is 4. The number of aliphatic imine (C=N–C) groups is 1. The van der Waals surface area contributed by atoms with Gasteiger partial charge in [-0.15, -0.1) is 0 Å². The van der Waals surface area contributed by atoms with Crippen LogP contribution >= 0.6 is 72.9 Å². The summed E-state index contributed by atoms with van der Waals surface area (Å²) in [6.07, 6.45) is 1.89. The molecule has 0 bridgehead atoms. The number of rotatable bonds is 4. The van der Waals surface area contributed by atoms with Crippen LogP contribution < -0.4 is 10.1 Å². The first kappa shape index (κ1) is 22.1. The molecule has 8 heteroatoms. The van der Waals surface area contributed by atoms with Gasteiger partial charge < -0.3 is 10.1 Å². The molecular weight excluding hydrogens is 666 g/mol. The van der Waals surface area contributed by atoms with Gasteiger partial charge in [0.2, 0.25) is 0 Å². The smallest absolute Gasteiger partial charge is 0.264 e. The fourth-order valence-corrected chi connectivity index (χ4v) is 5.88. The summed E-state index contributed by atoms with van der Waals surface area (Å²) in [6, 6.07) is 8.03. The highest BCUT2D eigenvalue weighted by atomic mass is 127. The number of nitrogens with zero attached hydrogens (tertiary/aromatic N) is 1. The van der Waals surface area contributed by atoms with Gasteiger partial charge in [-0.3, -0.25) is 4.79 Å². The molecule has 1 fully saturated rings. The Labute approximate surface area is 204 Å². The molecule has 0 unspecified atom stereocenters. The van der Waals surface area contributed by atoms with E-state index >= 15 is 0 Å². The molecule has 1 aliphatic heterocycles. The molecule has 146 valence electrons. The fourth-order valence-electron chi connectivity index (χ4n) is 2.68. The van der Waals surface area contributed by atoms with Gasteiger partial charge in [-0.25, -0.2) is 4.99 Å². The van der Waals surface area contributed by atoms with Gasteiger partial charge in [0.15, 0.2) is 5.17 Å². The van der Waals surface area contributed by atoms with Gasteiger partial charge in [-0.05, 0) is 125 Å². The lowest BCUT2D eigenvalue weighted by molar-refractivity contribution is -0.115. The van der Waals surface area contributed by atoms with Gasteiger partial charge in [0.25, 0.3) is 5.91 Å². The number of amides is 1. The van der Waals surface area contributed by atoms with Crippen LogP contribution in [-0.2, 0) is 4.79 Å². The van der Waals surface area contributed by atoms with Crippen LogP contribution in [0.3, 0.4) is 0 Å². The van der Waals surface area contributed by atoms with Gasteiger partial charge in [0.1, 0.15) is 5.75 Å². The average Bonchev–Trinajstić information content (AvgIpc) is 2.95. The van der Waals surface area contributed by atoms with E-state index in [0.717, 1.165) is 39.7 Å². The molecular formula is C20H17BrI2N2O2S. The molecule has 2 aromatic rings. The minimum absolute atomic E-state index is 0.131. The van der Waals surface area contributed by atoms with Crippen molar-refractivity contribution in [3.05, 3.63) is 57.5 Å². The van der Waals surface area contributed by atoms with Crippen LogP contribution in [0.4, 0.5) is 5.69 Å². The highest BCUT2D eigenvalue weighted by molar-refractivity contribution is 14.1. The zero-order chi connectivity index (χ0) is 20.4. The average molecular weight is 683 g/mol. The summed E-state index contributed by atoms with van der Waals surface area (Å²) in [5.41, 5.74) is 4.02. The van der Waals surface area contributed by atoms with E-state index in [9.17, 15) is 4.79 Å². The zero-order valence-electron chi connectivity index (χ0n) is 15.4. The number of ether oxygens (including phenoxy) is 1. The van der Waals surface area contributed by atoms with Crippen molar-refractivity contribution in [1.29, 1.82) is 0 Å². The monoisotopic (exact) mass is 682 g/mol. The van der Waals surface area contributed by atoms with Crippen LogP contribution in [-0.4, -0.2) is 17.7 Å². The molecule has 0 spiro atoms. The molecule has 0 radical (unpaired) electrons. The van der Waals surface area contributed by atoms with Crippen molar-refractivity contribution in [3.63, 3.8) is 0 Å². The summed E-state index contributed by atoms with van der Waals surface area (Å²) < 4.78 is 8.81. The predicted octanol–water partition coefficient (Wildman–Crippen LogP) is 6.57. The second kappa shape index (κ2) is 9.48. The molecule has 1 N–H and O–H groups in total. The van der Waals surface area contributed by atoms with Crippen molar-refractivity contribution < 1.29 is 9.53 Å². The minimum Gasteiger partial charge on any atom is -0.492 e. The maximum atomic E-state index is 12.4. The normalized spacial score (nSPS) is 16.7. The predicted molar refractivity (Wildman–Crippen MR) is 137 cm³/mol. The quantitative estimate of drug-likeness (QED) is 0.294. The third kappa shape index (κ3) is 5.11. The topological polar surface area (TPSA) is 50.7 Å². The molecule has 0 atom stereocenters. The molecule has 28 heavy (non-hydrogen) atoms. The van der Waals surface area contributed by atoms with E-state index in [0.29, 0.717) is 16.7 Å². The summed E-state index contributed by atoms with van der Waals surface area (Å²) in [5.74, 6) is 0.755. The molecule has 1 heterocycles. The second-order valence-corrected chi connectivity index (χ2v) is 10.3. The Morgan fingerprint density at radius 1 is 1.18 bits per heavy atom. The van der Waals surface area contributed by atoms with E-state index in [1.54, 1.807) is 0 Å². The van der Waals surface area contributed by atoms with E-state index in [4.69, 9.17) is 4.74 Å². The van der Waals surface area contributed by atoms with Gasteiger partial charge in [-0.1, -0.05) is 15.9 Å².